The lowest BCUT2D eigenvalue weighted by Gasteiger charge is -2.33. The summed E-state index contributed by atoms with van der Waals surface area (Å²) < 4.78 is 12.9. The van der Waals surface area contributed by atoms with Gasteiger partial charge in [-0.1, -0.05) is 32.4 Å². The highest BCUT2D eigenvalue weighted by Gasteiger charge is 2.27. The zero-order chi connectivity index (χ0) is 16.3. The first kappa shape index (κ1) is 16.9. The SMILES string of the molecule is CC(C)(C)[C@@H]1CC=C(C[C@H](O)C(=O)c2ccc(F)cc2)CC1. The highest BCUT2D eigenvalue weighted by molar-refractivity contribution is 5.99. The van der Waals surface area contributed by atoms with E-state index in [0.717, 1.165) is 24.8 Å². The quantitative estimate of drug-likeness (QED) is 0.655. The minimum Gasteiger partial charge on any atom is -0.385 e. The van der Waals surface area contributed by atoms with Gasteiger partial charge in [0.15, 0.2) is 5.78 Å². The Hall–Kier alpha value is -1.48. The number of carbonyl (C=O) groups is 1. The molecule has 22 heavy (non-hydrogen) atoms. The molecule has 1 aromatic rings. The molecule has 0 fully saturated rings. The summed E-state index contributed by atoms with van der Waals surface area (Å²) in [5, 5.41) is 10.1. The van der Waals surface area contributed by atoms with Gasteiger partial charge in [-0.05, 0) is 54.9 Å². The van der Waals surface area contributed by atoms with Crippen LogP contribution in [0.1, 0.15) is 56.8 Å². The van der Waals surface area contributed by atoms with Gasteiger partial charge in [0, 0.05) is 12.0 Å². The van der Waals surface area contributed by atoms with Gasteiger partial charge < -0.3 is 5.11 Å². The second-order valence-corrected chi connectivity index (χ2v) is 7.29. The average molecular weight is 304 g/mol. The number of Topliss-reactive ketones (excluding diaryl/α,β-unsaturated/α-hetero) is 1. The summed E-state index contributed by atoms with van der Waals surface area (Å²) in [4.78, 5) is 12.2. The molecule has 1 N–H and O–H groups in total. The van der Waals surface area contributed by atoms with Gasteiger partial charge in [0.25, 0.3) is 0 Å². The van der Waals surface area contributed by atoms with E-state index in [4.69, 9.17) is 0 Å². The molecule has 1 aromatic carbocycles. The third kappa shape index (κ3) is 4.26. The number of hydrogen-bond acceptors (Lipinski definition) is 2. The largest absolute Gasteiger partial charge is 0.385 e. The van der Waals surface area contributed by atoms with Crippen LogP contribution in [0.2, 0.25) is 0 Å². The zero-order valence-electron chi connectivity index (χ0n) is 13.6. The monoisotopic (exact) mass is 304 g/mol. The van der Waals surface area contributed by atoms with Crippen molar-refractivity contribution < 1.29 is 14.3 Å². The van der Waals surface area contributed by atoms with Crippen molar-refractivity contribution in [1.82, 2.24) is 0 Å². The van der Waals surface area contributed by atoms with Crippen LogP contribution in [0.3, 0.4) is 0 Å². The third-order valence-electron chi connectivity index (χ3n) is 4.62. The Balaban J connectivity index is 1.95. The normalized spacial score (nSPS) is 20.4. The predicted octanol–water partition coefficient (Wildman–Crippen LogP) is 4.53. The summed E-state index contributed by atoms with van der Waals surface area (Å²) in [5.74, 6) is -0.0608. The van der Waals surface area contributed by atoms with E-state index >= 15 is 0 Å². The molecule has 2 nitrogen and oxygen atoms in total. The highest BCUT2D eigenvalue weighted by Crippen LogP contribution is 2.38. The smallest absolute Gasteiger partial charge is 0.191 e. The van der Waals surface area contributed by atoms with E-state index < -0.39 is 6.10 Å². The van der Waals surface area contributed by atoms with E-state index in [0.29, 0.717) is 23.3 Å². The van der Waals surface area contributed by atoms with E-state index in [1.54, 1.807) is 0 Å². The van der Waals surface area contributed by atoms with E-state index in [1.807, 2.05) is 0 Å². The maximum atomic E-state index is 12.9. The molecule has 0 heterocycles. The molecule has 0 radical (unpaired) electrons. The predicted molar refractivity (Wildman–Crippen MR) is 86.2 cm³/mol. The number of allylic oxidation sites excluding steroid dienone is 1. The summed E-state index contributed by atoms with van der Waals surface area (Å²) >= 11 is 0. The van der Waals surface area contributed by atoms with Gasteiger partial charge in [-0.25, -0.2) is 4.39 Å². The van der Waals surface area contributed by atoms with Crippen molar-refractivity contribution >= 4 is 5.78 Å². The van der Waals surface area contributed by atoms with Crippen LogP contribution < -0.4 is 0 Å². The van der Waals surface area contributed by atoms with Crippen LogP contribution in [0.25, 0.3) is 0 Å². The maximum absolute atomic E-state index is 12.9. The van der Waals surface area contributed by atoms with Crippen molar-refractivity contribution in [2.75, 3.05) is 0 Å². The summed E-state index contributed by atoms with van der Waals surface area (Å²) in [6.07, 6.45) is 4.58. The molecule has 2 atom stereocenters. The van der Waals surface area contributed by atoms with Crippen LogP contribution in [0.15, 0.2) is 35.9 Å². The van der Waals surface area contributed by atoms with Crippen molar-refractivity contribution in [3.05, 3.63) is 47.3 Å². The highest BCUT2D eigenvalue weighted by atomic mass is 19.1. The van der Waals surface area contributed by atoms with E-state index in [-0.39, 0.29) is 11.6 Å². The molecule has 0 aliphatic heterocycles. The molecular formula is C19H25FO2. The standard InChI is InChI=1S/C19H25FO2/c1-19(2,3)15-8-4-13(5-9-15)12-17(21)18(22)14-6-10-16(20)11-7-14/h4,6-7,10-11,15,17,21H,5,8-9,12H2,1-3H3/t15-,17+/m1/s1. The van der Waals surface area contributed by atoms with Gasteiger partial charge in [0.2, 0.25) is 0 Å². The Kier molecular flexibility index (Phi) is 5.17. The van der Waals surface area contributed by atoms with Crippen LogP contribution in [0, 0.1) is 17.2 Å². The fourth-order valence-electron chi connectivity index (χ4n) is 3.01. The maximum Gasteiger partial charge on any atom is 0.191 e. The summed E-state index contributed by atoms with van der Waals surface area (Å²) in [5.41, 5.74) is 1.81. The topological polar surface area (TPSA) is 37.3 Å². The fourth-order valence-corrected chi connectivity index (χ4v) is 3.01. The van der Waals surface area contributed by atoms with Gasteiger partial charge >= 0.3 is 0 Å². The van der Waals surface area contributed by atoms with Crippen LogP contribution in [-0.2, 0) is 0 Å². The van der Waals surface area contributed by atoms with E-state index in [9.17, 15) is 14.3 Å². The van der Waals surface area contributed by atoms with Crippen molar-refractivity contribution in [3.8, 4) is 0 Å². The lowest BCUT2D eigenvalue weighted by molar-refractivity contribution is 0.0743. The Morgan fingerprint density at radius 3 is 2.45 bits per heavy atom. The van der Waals surface area contributed by atoms with Gasteiger partial charge in [0.1, 0.15) is 11.9 Å². The van der Waals surface area contributed by atoms with Crippen molar-refractivity contribution in [2.45, 2.75) is 52.6 Å². The van der Waals surface area contributed by atoms with Gasteiger partial charge in [-0.15, -0.1) is 0 Å². The molecule has 1 aliphatic carbocycles. The molecular weight excluding hydrogens is 279 g/mol. The first-order valence-corrected chi connectivity index (χ1v) is 7.93. The first-order chi connectivity index (χ1) is 10.3. The second kappa shape index (κ2) is 6.74. The van der Waals surface area contributed by atoms with Crippen LogP contribution in [0.4, 0.5) is 4.39 Å². The van der Waals surface area contributed by atoms with Crippen molar-refractivity contribution in [1.29, 1.82) is 0 Å². The van der Waals surface area contributed by atoms with Gasteiger partial charge in [-0.2, -0.15) is 0 Å². The molecule has 2 rings (SSSR count). The van der Waals surface area contributed by atoms with E-state index in [2.05, 4.69) is 26.8 Å². The lowest BCUT2D eigenvalue weighted by Crippen LogP contribution is -2.25. The molecule has 0 bridgehead atoms. The minimum atomic E-state index is -1.04. The fraction of sp³-hybridized carbons (Fsp3) is 0.526. The van der Waals surface area contributed by atoms with E-state index in [1.165, 1.54) is 24.3 Å². The van der Waals surface area contributed by atoms with Crippen molar-refractivity contribution in [2.24, 2.45) is 11.3 Å². The molecule has 1 aliphatic rings. The van der Waals surface area contributed by atoms with Crippen LogP contribution in [0.5, 0.6) is 0 Å². The summed E-state index contributed by atoms with van der Waals surface area (Å²) in [6.45, 7) is 6.76. The summed E-state index contributed by atoms with van der Waals surface area (Å²) in [6, 6.07) is 5.33. The molecule has 0 spiro atoms. The number of rotatable bonds is 4. The number of halogens is 1. The first-order valence-electron chi connectivity index (χ1n) is 7.93. The average Bonchev–Trinajstić information content (AvgIpc) is 2.47. The molecule has 0 unspecified atom stereocenters. The molecule has 120 valence electrons. The molecule has 0 saturated carbocycles. The number of carbonyl (C=O) groups excluding carboxylic acids is 1. The van der Waals surface area contributed by atoms with Gasteiger partial charge in [0.05, 0.1) is 0 Å². The number of aliphatic hydroxyl groups is 1. The lowest BCUT2D eigenvalue weighted by atomic mass is 9.72. The van der Waals surface area contributed by atoms with Crippen LogP contribution in [-0.4, -0.2) is 17.0 Å². The Morgan fingerprint density at radius 1 is 1.32 bits per heavy atom. The van der Waals surface area contributed by atoms with Crippen LogP contribution >= 0.6 is 0 Å². The Morgan fingerprint density at radius 2 is 1.95 bits per heavy atom. The Bertz CT molecular complexity index is 552. The zero-order valence-corrected chi connectivity index (χ0v) is 13.6. The molecule has 0 aromatic heterocycles. The number of ketones is 1. The minimum absolute atomic E-state index is 0.296. The van der Waals surface area contributed by atoms with Crippen molar-refractivity contribution in [3.63, 3.8) is 0 Å². The molecule has 0 amide bonds. The number of benzene rings is 1. The summed E-state index contributed by atoms with van der Waals surface area (Å²) in [7, 11) is 0. The van der Waals surface area contributed by atoms with Gasteiger partial charge in [-0.3, -0.25) is 4.79 Å². The Labute approximate surface area is 132 Å². The number of hydrogen-bond donors (Lipinski definition) is 1. The third-order valence-corrected chi connectivity index (χ3v) is 4.62. The molecule has 0 saturated heterocycles. The number of aliphatic hydroxyl groups excluding tert-OH is 1. The molecule has 3 heteroatoms. The second-order valence-electron chi connectivity index (χ2n) is 7.29.